The number of aliphatic carboxylic acids is 1. The van der Waals surface area contributed by atoms with Crippen LogP contribution < -0.4 is 0 Å². The Morgan fingerprint density at radius 2 is 1.87 bits per heavy atom. The molecular formula is C10H15N3O2. The number of carboxylic acid groups (broad SMARTS) is 1. The van der Waals surface area contributed by atoms with E-state index in [1.165, 1.54) is 0 Å². The lowest BCUT2D eigenvalue weighted by Gasteiger charge is -2.27. The summed E-state index contributed by atoms with van der Waals surface area (Å²) < 4.78 is 2.02. The van der Waals surface area contributed by atoms with Crippen molar-refractivity contribution < 1.29 is 9.90 Å². The van der Waals surface area contributed by atoms with E-state index in [-0.39, 0.29) is 0 Å². The van der Waals surface area contributed by atoms with E-state index < -0.39 is 5.97 Å². The lowest BCUT2D eigenvalue weighted by Crippen LogP contribution is -2.19. The van der Waals surface area contributed by atoms with Crippen molar-refractivity contribution in [3.05, 3.63) is 12.7 Å². The van der Waals surface area contributed by atoms with E-state index in [0.717, 1.165) is 25.7 Å². The van der Waals surface area contributed by atoms with Crippen LogP contribution in [0.3, 0.4) is 0 Å². The molecule has 0 aromatic carbocycles. The number of rotatable bonds is 3. The van der Waals surface area contributed by atoms with Gasteiger partial charge in [-0.15, -0.1) is 10.2 Å². The van der Waals surface area contributed by atoms with E-state index in [4.69, 9.17) is 5.11 Å². The Kier molecular flexibility index (Phi) is 2.99. The maximum Gasteiger partial charge on any atom is 0.303 e. The molecule has 0 aliphatic heterocycles. The van der Waals surface area contributed by atoms with Gasteiger partial charge in [-0.05, 0) is 31.6 Å². The standard InChI is InChI=1S/C10H15N3O2/c14-10(15)5-8-1-3-9(4-2-8)13-6-11-12-7-13/h6-9H,1-5H2,(H,14,15). The van der Waals surface area contributed by atoms with Gasteiger partial charge in [0.2, 0.25) is 0 Å². The highest BCUT2D eigenvalue weighted by Crippen LogP contribution is 2.33. The summed E-state index contributed by atoms with van der Waals surface area (Å²) in [5.74, 6) is -0.321. The molecule has 5 heteroatoms. The molecule has 0 radical (unpaired) electrons. The summed E-state index contributed by atoms with van der Waals surface area (Å²) in [4.78, 5) is 10.6. The van der Waals surface area contributed by atoms with Crippen molar-refractivity contribution in [2.75, 3.05) is 0 Å². The third-order valence-corrected chi connectivity index (χ3v) is 3.14. The lowest BCUT2D eigenvalue weighted by molar-refractivity contribution is -0.138. The molecule has 2 rings (SSSR count). The number of aromatic nitrogens is 3. The highest BCUT2D eigenvalue weighted by molar-refractivity contribution is 5.67. The molecule has 0 atom stereocenters. The minimum Gasteiger partial charge on any atom is -0.481 e. The number of hydrogen-bond acceptors (Lipinski definition) is 3. The molecule has 1 aromatic heterocycles. The molecule has 0 spiro atoms. The van der Waals surface area contributed by atoms with Gasteiger partial charge in [0, 0.05) is 12.5 Å². The largest absolute Gasteiger partial charge is 0.481 e. The molecule has 1 heterocycles. The third-order valence-electron chi connectivity index (χ3n) is 3.14. The van der Waals surface area contributed by atoms with E-state index >= 15 is 0 Å². The van der Waals surface area contributed by atoms with Crippen molar-refractivity contribution in [2.24, 2.45) is 5.92 Å². The van der Waals surface area contributed by atoms with Crippen molar-refractivity contribution in [3.8, 4) is 0 Å². The average Bonchev–Trinajstić information content (AvgIpc) is 2.71. The first-order valence-electron chi connectivity index (χ1n) is 5.31. The summed E-state index contributed by atoms with van der Waals surface area (Å²) in [5.41, 5.74) is 0. The quantitative estimate of drug-likeness (QED) is 0.818. The number of hydrogen-bond donors (Lipinski definition) is 1. The van der Waals surface area contributed by atoms with Crippen molar-refractivity contribution >= 4 is 5.97 Å². The summed E-state index contributed by atoms with van der Waals surface area (Å²) in [6.45, 7) is 0. The second kappa shape index (κ2) is 4.42. The van der Waals surface area contributed by atoms with Crippen LogP contribution in [0.15, 0.2) is 12.7 Å². The van der Waals surface area contributed by atoms with E-state index in [0.29, 0.717) is 18.4 Å². The van der Waals surface area contributed by atoms with Gasteiger partial charge in [0.25, 0.3) is 0 Å². The molecule has 1 aliphatic carbocycles. The minimum atomic E-state index is -0.678. The van der Waals surface area contributed by atoms with Crippen LogP contribution in [-0.2, 0) is 4.79 Å². The van der Waals surface area contributed by atoms with Crippen LogP contribution in [0.4, 0.5) is 0 Å². The maximum absolute atomic E-state index is 10.6. The zero-order valence-electron chi connectivity index (χ0n) is 8.54. The Hall–Kier alpha value is -1.39. The fourth-order valence-electron chi connectivity index (χ4n) is 2.29. The predicted octanol–water partition coefficient (Wildman–Crippen LogP) is 1.48. The monoisotopic (exact) mass is 209 g/mol. The van der Waals surface area contributed by atoms with Gasteiger partial charge < -0.3 is 9.67 Å². The Morgan fingerprint density at radius 3 is 2.40 bits per heavy atom. The van der Waals surface area contributed by atoms with Gasteiger partial charge in [-0.25, -0.2) is 0 Å². The smallest absolute Gasteiger partial charge is 0.303 e. The molecule has 0 amide bonds. The molecule has 1 saturated carbocycles. The van der Waals surface area contributed by atoms with Crippen molar-refractivity contribution in [1.29, 1.82) is 0 Å². The van der Waals surface area contributed by atoms with Gasteiger partial charge in [0.05, 0.1) is 0 Å². The normalized spacial score (nSPS) is 26.4. The van der Waals surface area contributed by atoms with E-state index in [9.17, 15) is 4.79 Å². The van der Waals surface area contributed by atoms with Crippen LogP contribution in [0, 0.1) is 5.92 Å². The molecule has 5 nitrogen and oxygen atoms in total. The van der Waals surface area contributed by atoms with E-state index in [1.807, 2.05) is 4.57 Å². The highest BCUT2D eigenvalue weighted by atomic mass is 16.4. The summed E-state index contributed by atoms with van der Waals surface area (Å²) in [6.07, 6.45) is 7.86. The molecule has 0 saturated heterocycles. The third kappa shape index (κ3) is 2.55. The van der Waals surface area contributed by atoms with Gasteiger partial charge in [-0.1, -0.05) is 0 Å². The summed E-state index contributed by atoms with van der Waals surface area (Å²) >= 11 is 0. The van der Waals surface area contributed by atoms with Crippen LogP contribution >= 0.6 is 0 Å². The molecule has 15 heavy (non-hydrogen) atoms. The molecule has 82 valence electrons. The zero-order valence-corrected chi connectivity index (χ0v) is 8.54. The second-order valence-corrected chi connectivity index (χ2v) is 4.18. The van der Waals surface area contributed by atoms with Crippen LogP contribution in [0.5, 0.6) is 0 Å². The molecule has 0 unspecified atom stereocenters. The Morgan fingerprint density at radius 1 is 1.27 bits per heavy atom. The molecule has 0 bridgehead atoms. The number of nitrogens with zero attached hydrogens (tertiary/aromatic N) is 3. The Labute approximate surface area is 88.1 Å². The van der Waals surface area contributed by atoms with Gasteiger partial charge >= 0.3 is 5.97 Å². The molecule has 1 fully saturated rings. The highest BCUT2D eigenvalue weighted by Gasteiger charge is 2.23. The van der Waals surface area contributed by atoms with Gasteiger partial charge in [-0.2, -0.15) is 0 Å². The Bertz CT molecular complexity index is 315. The van der Waals surface area contributed by atoms with Crippen LogP contribution in [-0.4, -0.2) is 25.8 Å². The Balaban J connectivity index is 1.84. The van der Waals surface area contributed by atoms with Gasteiger partial charge in [0.15, 0.2) is 0 Å². The SMILES string of the molecule is O=C(O)CC1CCC(n2cnnc2)CC1. The first-order valence-corrected chi connectivity index (χ1v) is 5.31. The van der Waals surface area contributed by atoms with Crippen LogP contribution in [0.25, 0.3) is 0 Å². The van der Waals surface area contributed by atoms with Gasteiger partial charge in [0.1, 0.15) is 12.7 Å². The van der Waals surface area contributed by atoms with Crippen molar-refractivity contribution in [2.45, 2.75) is 38.1 Å². The first kappa shape index (κ1) is 10.1. The lowest BCUT2D eigenvalue weighted by atomic mass is 9.84. The fourth-order valence-corrected chi connectivity index (χ4v) is 2.29. The minimum absolute atomic E-state index is 0.314. The average molecular weight is 209 g/mol. The van der Waals surface area contributed by atoms with Crippen LogP contribution in [0.1, 0.15) is 38.1 Å². The summed E-state index contributed by atoms with van der Waals surface area (Å²) in [7, 11) is 0. The molecule has 1 aromatic rings. The summed E-state index contributed by atoms with van der Waals surface area (Å²) in [6, 6.07) is 0.463. The van der Waals surface area contributed by atoms with E-state index in [2.05, 4.69) is 10.2 Å². The number of carbonyl (C=O) groups is 1. The predicted molar refractivity (Wildman–Crippen MR) is 53.3 cm³/mol. The van der Waals surface area contributed by atoms with Gasteiger partial charge in [-0.3, -0.25) is 4.79 Å². The topological polar surface area (TPSA) is 68.0 Å². The summed E-state index contributed by atoms with van der Waals surface area (Å²) in [5, 5.41) is 16.3. The molecule has 1 N–H and O–H groups in total. The van der Waals surface area contributed by atoms with Crippen molar-refractivity contribution in [1.82, 2.24) is 14.8 Å². The fraction of sp³-hybridized carbons (Fsp3) is 0.700. The number of carboxylic acids is 1. The zero-order chi connectivity index (χ0) is 10.7. The maximum atomic E-state index is 10.6. The second-order valence-electron chi connectivity index (χ2n) is 4.18. The van der Waals surface area contributed by atoms with E-state index in [1.54, 1.807) is 12.7 Å². The molecular weight excluding hydrogens is 194 g/mol. The van der Waals surface area contributed by atoms with Crippen molar-refractivity contribution in [3.63, 3.8) is 0 Å². The van der Waals surface area contributed by atoms with Crippen LogP contribution in [0.2, 0.25) is 0 Å². The molecule has 1 aliphatic rings. The first-order chi connectivity index (χ1) is 7.25.